The van der Waals surface area contributed by atoms with Gasteiger partial charge in [0, 0.05) is 38.8 Å². The third-order valence-electron chi connectivity index (χ3n) is 12.7. The third-order valence-corrected chi connectivity index (χ3v) is 13.6. The molecule has 1 aliphatic heterocycles. The summed E-state index contributed by atoms with van der Waals surface area (Å²) in [5, 5.41) is 10.6. The number of aryl methyl sites for hydroxylation is 2. The van der Waals surface area contributed by atoms with Crippen molar-refractivity contribution in [2.45, 2.75) is 78.9 Å². The molecule has 2 heterocycles. The Balaban J connectivity index is 0.850. The number of aliphatic hydroxyl groups is 1. The molecular weight excluding hydrogens is 903 g/mol. The third kappa shape index (κ3) is 15.3. The van der Waals surface area contributed by atoms with Gasteiger partial charge in [0.25, 0.3) is 0 Å². The van der Waals surface area contributed by atoms with Crippen LogP contribution in [-0.4, -0.2) is 122 Å². The van der Waals surface area contributed by atoms with E-state index in [9.17, 15) is 24.3 Å². The van der Waals surface area contributed by atoms with Crippen molar-refractivity contribution in [3.05, 3.63) is 143 Å². The molecule has 0 unspecified atom stereocenters. The lowest BCUT2D eigenvalue weighted by Crippen LogP contribution is -2.47. The molecule has 4 aromatic carbocycles. The number of rotatable bonds is 26. The van der Waals surface area contributed by atoms with Crippen LogP contribution < -0.4 is 4.74 Å². The summed E-state index contributed by atoms with van der Waals surface area (Å²) in [5.74, 6) is -0.813. The van der Waals surface area contributed by atoms with E-state index in [1.807, 2.05) is 81.7 Å². The normalized spacial score (nSPS) is 15.6. The number of amides is 2. The van der Waals surface area contributed by atoms with Crippen molar-refractivity contribution >= 4 is 45.9 Å². The number of benzene rings is 4. The number of aromatic nitrogens is 1. The molecule has 13 heteroatoms. The number of β-amino-alcohol motifs (C(OH)–C–C–N with tert-alkyl or cyclic N) is 1. The monoisotopic (exact) mass is 971 g/mol. The van der Waals surface area contributed by atoms with Crippen molar-refractivity contribution in [2.75, 3.05) is 66.4 Å². The highest BCUT2D eigenvalue weighted by Gasteiger charge is 2.44. The minimum absolute atomic E-state index is 0.0532. The molecule has 0 aliphatic carbocycles. The van der Waals surface area contributed by atoms with Crippen LogP contribution in [0.25, 0.3) is 21.6 Å². The predicted octanol–water partition coefficient (Wildman–Crippen LogP) is 9.16. The Kier molecular flexibility index (Phi) is 20.2. The summed E-state index contributed by atoms with van der Waals surface area (Å²) in [6.45, 7) is 11.1. The molecular formula is C57H69N3O9S. The van der Waals surface area contributed by atoms with Crippen LogP contribution in [0.15, 0.2) is 115 Å². The summed E-state index contributed by atoms with van der Waals surface area (Å²) in [7, 11) is 1.71. The molecule has 0 bridgehead atoms. The number of ketones is 2. The number of aliphatic hydroxyl groups excluding tert-OH is 1. The number of likely N-dealkylation sites (tertiary alicyclic amines) is 1. The first-order valence-corrected chi connectivity index (χ1v) is 25.2. The first-order chi connectivity index (χ1) is 33.7. The number of thiazole rings is 1. The number of carbonyl (C=O) groups excluding carboxylic acids is 4. The van der Waals surface area contributed by atoms with Gasteiger partial charge in [-0.25, -0.2) is 4.98 Å². The number of allylic oxidation sites excluding steroid dienone is 1. The predicted molar refractivity (Wildman–Crippen MR) is 275 cm³/mol. The van der Waals surface area contributed by atoms with E-state index in [2.05, 4.69) is 72.6 Å². The number of nitrogens with zero attached hydrogens (tertiary/aromatic N) is 3. The first-order valence-electron chi connectivity index (χ1n) is 24.3. The molecule has 1 N–H and O–H groups in total. The smallest absolute Gasteiger partial charge is 0.248 e. The molecule has 0 radical (unpaired) electrons. The summed E-state index contributed by atoms with van der Waals surface area (Å²) in [5.41, 5.74) is 10.2. The van der Waals surface area contributed by atoms with E-state index < -0.39 is 23.5 Å². The summed E-state index contributed by atoms with van der Waals surface area (Å²) < 4.78 is 22.8. The van der Waals surface area contributed by atoms with E-state index in [0.29, 0.717) is 19.6 Å². The van der Waals surface area contributed by atoms with E-state index in [1.165, 1.54) is 21.6 Å². The van der Waals surface area contributed by atoms with Crippen molar-refractivity contribution in [3.63, 3.8) is 0 Å². The first kappa shape index (κ1) is 53.5. The molecule has 1 saturated heterocycles. The van der Waals surface area contributed by atoms with Gasteiger partial charge in [-0.05, 0) is 76.3 Å². The van der Waals surface area contributed by atoms with Crippen molar-refractivity contribution in [3.8, 4) is 16.2 Å². The molecule has 6 rings (SSSR count). The van der Waals surface area contributed by atoms with Gasteiger partial charge in [0.2, 0.25) is 11.8 Å². The van der Waals surface area contributed by atoms with Gasteiger partial charge >= 0.3 is 0 Å². The molecule has 2 amide bonds. The van der Waals surface area contributed by atoms with E-state index in [0.717, 1.165) is 45.0 Å². The van der Waals surface area contributed by atoms with Crippen molar-refractivity contribution < 1.29 is 43.2 Å². The molecule has 70 heavy (non-hydrogen) atoms. The zero-order chi connectivity index (χ0) is 50.0. The second-order valence-corrected chi connectivity index (χ2v) is 19.7. The van der Waals surface area contributed by atoms with Crippen LogP contribution in [0.2, 0.25) is 0 Å². The van der Waals surface area contributed by atoms with E-state index in [1.54, 1.807) is 23.3 Å². The lowest BCUT2D eigenvalue weighted by molar-refractivity contribution is -0.146. The molecule has 372 valence electrons. The van der Waals surface area contributed by atoms with Crippen molar-refractivity contribution in [2.24, 2.45) is 11.3 Å². The molecule has 12 nitrogen and oxygen atoms in total. The lowest BCUT2D eigenvalue weighted by Gasteiger charge is -2.34. The Bertz CT molecular complexity index is 2480. The van der Waals surface area contributed by atoms with Gasteiger partial charge < -0.3 is 33.9 Å². The lowest BCUT2D eigenvalue weighted by atomic mass is 9.76. The van der Waals surface area contributed by atoms with E-state index >= 15 is 0 Å². The van der Waals surface area contributed by atoms with E-state index in [4.69, 9.17) is 18.9 Å². The summed E-state index contributed by atoms with van der Waals surface area (Å²) in [6.07, 6.45) is 0.936. The maximum atomic E-state index is 14.0. The second-order valence-electron chi connectivity index (χ2n) is 18.8. The SMILES string of the molecule is CC/C(=C(\c1ccccc1)c1ccc(OCCN(C)C(=O)COCCOCCOCC(=O)C[C@H](C(=O)N2C[C@H](O)C[C@H]2C(=O)CCc2ccc(-c3scnc3C)cc2)C(C)(C)C)cc1)c1ccccc1. The summed E-state index contributed by atoms with van der Waals surface area (Å²) >= 11 is 1.59. The number of carbonyl (C=O) groups is 4. The van der Waals surface area contributed by atoms with Crippen LogP contribution in [0, 0.1) is 18.3 Å². The van der Waals surface area contributed by atoms with Crippen LogP contribution in [0.3, 0.4) is 0 Å². The van der Waals surface area contributed by atoms with Gasteiger partial charge in [-0.3, -0.25) is 19.2 Å². The second kappa shape index (κ2) is 26.4. The fourth-order valence-electron chi connectivity index (χ4n) is 8.67. The zero-order valence-corrected chi connectivity index (χ0v) is 42.4. The Labute approximate surface area is 417 Å². The van der Waals surface area contributed by atoms with Gasteiger partial charge in [0.05, 0.1) is 61.2 Å². The standard InChI is InChI=1S/C57H69N3O9S/c1-7-49(42-14-10-8-11-15-42)54(43-16-12-9-13-17-43)44-23-25-48(26-24-44)69-29-28-59(6)53(64)38-68-33-31-66-30-32-67-37-47(62)34-50(57(3,4)5)56(65)60-36-46(61)35-51(60)52(63)27-20-41-18-21-45(22-19-41)55-40(2)58-39-70-55/h8-19,21-26,39,46,50-51,61H,7,20,27-38H2,1-6H3/b54-49-/t46-,50-,51+/m1/s1. The van der Waals surface area contributed by atoms with Crippen LogP contribution in [0.5, 0.6) is 5.75 Å². The Hall–Kier alpha value is -5.83. The zero-order valence-electron chi connectivity index (χ0n) is 41.6. The largest absolute Gasteiger partial charge is 0.492 e. The number of ether oxygens (including phenoxy) is 4. The van der Waals surface area contributed by atoms with Crippen LogP contribution in [0.4, 0.5) is 0 Å². The molecule has 5 aromatic rings. The average molecular weight is 972 g/mol. The maximum Gasteiger partial charge on any atom is 0.248 e. The fourth-order valence-corrected chi connectivity index (χ4v) is 9.48. The maximum absolute atomic E-state index is 14.0. The van der Waals surface area contributed by atoms with E-state index in [-0.39, 0.29) is 88.8 Å². The van der Waals surface area contributed by atoms with Crippen molar-refractivity contribution in [1.29, 1.82) is 0 Å². The molecule has 0 saturated carbocycles. The molecule has 1 aliphatic rings. The minimum Gasteiger partial charge on any atom is -0.492 e. The highest BCUT2D eigenvalue weighted by atomic mass is 32.1. The Morgan fingerprint density at radius 3 is 2.03 bits per heavy atom. The average Bonchev–Trinajstić information content (AvgIpc) is 3.98. The number of likely N-dealkylation sites (N-methyl/N-ethyl adjacent to an activating group) is 1. The van der Waals surface area contributed by atoms with Crippen LogP contribution in [0.1, 0.15) is 81.3 Å². The quantitative estimate of drug-likeness (QED) is 0.0421. The highest BCUT2D eigenvalue weighted by molar-refractivity contribution is 7.13. The summed E-state index contributed by atoms with van der Waals surface area (Å²) in [4.78, 5) is 61.9. The number of hydrogen-bond acceptors (Lipinski definition) is 11. The number of Topliss-reactive ketones (excluding diaryl/α,β-unsaturated/α-hetero) is 2. The van der Waals surface area contributed by atoms with Gasteiger partial charge in [-0.1, -0.05) is 125 Å². The van der Waals surface area contributed by atoms with Gasteiger partial charge in [0.15, 0.2) is 11.6 Å². The fraction of sp³-hybridized carbons (Fsp3) is 0.421. The van der Waals surface area contributed by atoms with Crippen LogP contribution >= 0.6 is 11.3 Å². The highest BCUT2D eigenvalue weighted by Crippen LogP contribution is 2.36. The van der Waals surface area contributed by atoms with Crippen LogP contribution in [-0.2, 0) is 39.8 Å². The Morgan fingerprint density at radius 2 is 1.41 bits per heavy atom. The topological polar surface area (TPSA) is 145 Å². The number of hydrogen-bond donors (Lipinski definition) is 1. The van der Waals surface area contributed by atoms with Gasteiger partial charge in [-0.2, -0.15) is 0 Å². The van der Waals surface area contributed by atoms with Gasteiger partial charge in [0.1, 0.15) is 25.6 Å². The molecule has 0 spiro atoms. The Morgan fingerprint density at radius 1 is 0.800 bits per heavy atom. The molecule has 1 fully saturated rings. The van der Waals surface area contributed by atoms with Gasteiger partial charge in [-0.15, -0.1) is 11.3 Å². The summed E-state index contributed by atoms with van der Waals surface area (Å²) in [6, 6.07) is 36.3. The molecule has 1 aromatic heterocycles. The minimum atomic E-state index is -0.814. The molecule has 3 atom stereocenters. The van der Waals surface area contributed by atoms with Crippen molar-refractivity contribution in [1.82, 2.24) is 14.8 Å².